The number of halogens is 2. The van der Waals surface area contributed by atoms with Gasteiger partial charge in [-0.2, -0.15) is 15.1 Å². The first-order chi connectivity index (χ1) is 18.2. The Kier molecular flexibility index (Phi) is 7.18. The summed E-state index contributed by atoms with van der Waals surface area (Å²) in [6.07, 6.45) is 6.84. The summed E-state index contributed by atoms with van der Waals surface area (Å²) in [6, 6.07) is 16.0. The molecule has 2 aliphatic heterocycles. The Morgan fingerprint density at radius 1 is 0.811 bits per heavy atom. The molecule has 2 saturated heterocycles. The van der Waals surface area contributed by atoms with Gasteiger partial charge < -0.3 is 14.7 Å². The molecule has 9 heteroatoms. The Bertz CT molecular complexity index is 1360. The second-order valence-electron chi connectivity index (χ2n) is 10.0. The van der Waals surface area contributed by atoms with Crippen LogP contribution in [-0.4, -0.2) is 59.0 Å². The second-order valence-corrected chi connectivity index (χ2v) is 10.9. The summed E-state index contributed by atoms with van der Waals surface area (Å²) in [4.78, 5) is 16.5. The fraction of sp³-hybridized carbons (Fsp3) is 0.393. The van der Waals surface area contributed by atoms with Crippen LogP contribution in [0.1, 0.15) is 31.2 Å². The van der Waals surface area contributed by atoms with Crippen molar-refractivity contribution in [3.05, 3.63) is 70.3 Å². The van der Waals surface area contributed by atoms with Crippen LogP contribution in [0.3, 0.4) is 0 Å². The van der Waals surface area contributed by atoms with Gasteiger partial charge in [-0.25, -0.2) is 4.68 Å². The Labute approximate surface area is 227 Å². The lowest BCUT2D eigenvalue weighted by atomic mass is 10.2. The number of nitrogens with one attached hydrogen (secondary N) is 1. The number of quaternary nitrogens is 1. The van der Waals surface area contributed by atoms with Crippen LogP contribution in [0.4, 0.5) is 11.8 Å². The summed E-state index contributed by atoms with van der Waals surface area (Å²) in [7, 11) is 0. The summed E-state index contributed by atoms with van der Waals surface area (Å²) >= 11 is 12.5. The van der Waals surface area contributed by atoms with Crippen molar-refractivity contribution in [1.82, 2.24) is 19.7 Å². The lowest BCUT2D eigenvalue weighted by Crippen LogP contribution is -3.13. The van der Waals surface area contributed by atoms with Crippen molar-refractivity contribution in [3.63, 3.8) is 0 Å². The van der Waals surface area contributed by atoms with Crippen molar-refractivity contribution in [2.45, 2.75) is 32.2 Å². The van der Waals surface area contributed by atoms with E-state index in [0.29, 0.717) is 5.02 Å². The van der Waals surface area contributed by atoms with Gasteiger partial charge in [0.1, 0.15) is 12.4 Å². The van der Waals surface area contributed by atoms with Gasteiger partial charge in [0.2, 0.25) is 5.95 Å². The molecule has 6 rings (SSSR count). The molecule has 2 fully saturated rings. The van der Waals surface area contributed by atoms with Crippen LogP contribution in [0.15, 0.2) is 54.7 Å². The van der Waals surface area contributed by atoms with Crippen LogP contribution in [0.5, 0.6) is 0 Å². The molecule has 0 saturated carbocycles. The van der Waals surface area contributed by atoms with Crippen LogP contribution in [0, 0.1) is 0 Å². The van der Waals surface area contributed by atoms with Gasteiger partial charge in [0.25, 0.3) is 0 Å². The quantitative estimate of drug-likeness (QED) is 0.409. The van der Waals surface area contributed by atoms with Crippen LogP contribution in [-0.2, 0) is 6.54 Å². The summed E-state index contributed by atoms with van der Waals surface area (Å²) in [5, 5.41) is 7.18. The van der Waals surface area contributed by atoms with Crippen LogP contribution >= 0.6 is 23.2 Å². The Hall–Kier alpha value is -2.87. The molecule has 1 N–H and O–H groups in total. The highest BCUT2D eigenvalue weighted by molar-refractivity contribution is 6.35. The molecule has 0 spiro atoms. The van der Waals surface area contributed by atoms with E-state index in [1.807, 2.05) is 47.3 Å². The van der Waals surface area contributed by atoms with E-state index in [2.05, 4.69) is 21.9 Å². The molecule has 192 valence electrons. The number of anilines is 2. The molecule has 37 heavy (non-hydrogen) atoms. The monoisotopic (exact) mass is 536 g/mol. The van der Waals surface area contributed by atoms with Crippen molar-refractivity contribution in [2.24, 2.45) is 0 Å². The van der Waals surface area contributed by atoms with Gasteiger partial charge >= 0.3 is 0 Å². The highest BCUT2D eigenvalue weighted by Gasteiger charge is 2.26. The van der Waals surface area contributed by atoms with E-state index < -0.39 is 0 Å². The summed E-state index contributed by atoms with van der Waals surface area (Å²) in [5.74, 6) is 1.82. The maximum Gasteiger partial charge on any atom is 0.229 e. The van der Waals surface area contributed by atoms with E-state index >= 15 is 0 Å². The number of aromatic nitrogens is 4. The van der Waals surface area contributed by atoms with Gasteiger partial charge in [-0.1, -0.05) is 60.3 Å². The van der Waals surface area contributed by atoms with Gasteiger partial charge in [0.05, 0.1) is 48.5 Å². The van der Waals surface area contributed by atoms with Gasteiger partial charge in [-0.3, -0.25) is 0 Å². The van der Waals surface area contributed by atoms with Crippen molar-refractivity contribution < 1.29 is 4.90 Å². The third kappa shape index (κ3) is 5.26. The normalized spacial score (nSPS) is 17.4. The largest absolute Gasteiger partial charge is 0.345 e. The molecule has 2 aromatic carbocycles. The zero-order valence-corrected chi connectivity index (χ0v) is 22.4. The maximum atomic E-state index is 6.46. The first kappa shape index (κ1) is 24.5. The first-order valence-corrected chi connectivity index (χ1v) is 14.0. The molecule has 2 aliphatic rings. The van der Waals surface area contributed by atoms with Crippen LogP contribution in [0.2, 0.25) is 10.0 Å². The fourth-order valence-electron chi connectivity index (χ4n) is 5.44. The molecule has 4 heterocycles. The van der Waals surface area contributed by atoms with E-state index in [4.69, 9.17) is 38.3 Å². The smallest absolute Gasteiger partial charge is 0.229 e. The van der Waals surface area contributed by atoms with Gasteiger partial charge in [0.15, 0.2) is 5.65 Å². The van der Waals surface area contributed by atoms with Crippen LogP contribution < -0.4 is 14.7 Å². The maximum absolute atomic E-state index is 6.46. The zero-order valence-electron chi connectivity index (χ0n) is 20.9. The van der Waals surface area contributed by atoms with Crippen LogP contribution in [0.25, 0.3) is 16.7 Å². The summed E-state index contributed by atoms with van der Waals surface area (Å²) in [5.41, 5.74) is 3.03. The number of fused-ring (bicyclic) bond motifs is 1. The molecule has 7 nitrogen and oxygen atoms in total. The number of hydrogen-bond donors (Lipinski definition) is 1. The molecule has 0 radical (unpaired) electrons. The predicted molar refractivity (Wildman–Crippen MR) is 150 cm³/mol. The third-order valence-corrected chi connectivity index (χ3v) is 8.10. The molecule has 0 atom stereocenters. The number of para-hydroxylation sites is 1. The molecule has 2 aromatic heterocycles. The Morgan fingerprint density at radius 3 is 2.30 bits per heavy atom. The average Bonchev–Trinajstić information content (AvgIpc) is 3.16. The first-order valence-electron chi connectivity index (χ1n) is 13.2. The minimum absolute atomic E-state index is 0.678. The molecule has 0 amide bonds. The SMILES string of the molecule is Clc1ccc(C[NH+]2CCN(c3nc(N4CCCCCC4)nc4c3cnn4-c3ccccc3)CC2)c(Cl)c1. The number of hydrogen-bond acceptors (Lipinski definition) is 5. The van der Waals surface area contributed by atoms with E-state index in [9.17, 15) is 0 Å². The fourth-order valence-corrected chi connectivity index (χ4v) is 5.91. The lowest BCUT2D eigenvalue weighted by molar-refractivity contribution is -0.914. The number of rotatable bonds is 5. The van der Waals surface area contributed by atoms with E-state index in [1.165, 1.54) is 30.6 Å². The van der Waals surface area contributed by atoms with Crippen molar-refractivity contribution in [2.75, 3.05) is 49.1 Å². The molecule has 0 unspecified atom stereocenters. The highest BCUT2D eigenvalue weighted by atomic mass is 35.5. The van der Waals surface area contributed by atoms with Gasteiger partial charge in [0, 0.05) is 23.7 Å². The zero-order chi connectivity index (χ0) is 25.2. The Balaban J connectivity index is 1.30. The van der Waals surface area contributed by atoms with Crippen molar-refractivity contribution in [3.8, 4) is 5.69 Å². The molecular weight excluding hydrogens is 505 g/mol. The second kappa shape index (κ2) is 10.9. The molecule has 0 aliphatic carbocycles. The van der Waals surface area contributed by atoms with Crippen molar-refractivity contribution in [1.29, 1.82) is 0 Å². The summed E-state index contributed by atoms with van der Waals surface area (Å²) in [6.45, 7) is 6.76. The third-order valence-electron chi connectivity index (χ3n) is 7.51. The van der Waals surface area contributed by atoms with E-state index in [-0.39, 0.29) is 0 Å². The van der Waals surface area contributed by atoms with Gasteiger partial charge in [-0.15, -0.1) is 0 Å². The van der Waals surface area contributed by atoms with Crippen molar-refractivity contribution >= 4 is 46.0 Å². The van der Waals surface area contributed by atoms with Gasteiger partial charge in [-0.05, 0) is 37.1 Å². The topological polar surface area (TPSA) is 54.5 Å². The molecule has 4 aromatic rings. The predicted octanol–water partition coefficient (Wildman–Crippen LogP) is 4.41. The van der Waals surface area contributed by atoms with E-state index in [1.54, 1.807) is 0 Å². The minimum Gasteiger partial charge on any atom is -0.345 e. The molecular formula is C28H32Cl2N7+. The number of nitrogens with zero attached hydrogens (tertiary/aromatic N) is 6. The minimum atomic E-state index is 0.678. The molecule has 0 bridgehead atoms. The average molecular weight is 538 g/mol. The number of piperazine rings is 1. The number of benzene rings is 2. The summed E-state index contributed by atoms with van der Waals surface area (Å²) < 4.78 is 1.95. The Morgan fingerprint density at radius 2 is 1.57 bits per heavy atom. The lowest BCUT2D eigenvalue weighted by Gasteiger charge is -2.34. The van der Waals surface area contributed by atoms with E-state index in [0.717, 1.165) is 84.9 Å². The highest BCUT2D eigenvalue weighted by Crippen LogP contribution is 2.29. The standard InChI is InChI=1S/C28H31Cl2N7/c29-22-11-10-21(25(30)18-22)20-34-14-16-35(17-15-34)26-24-19-31-37(23-8-4-3-5-9-23)27(24)33-28(32-26)36-12-6-1-2-7-13-36/h3-5,8-11,18-19H,1-2,6-7,12-17,20H2/p+1.